The molecule has 20 heavy (non-hydrogen) atoms. The van der Waals surface area contributed by atoms with Gasteiger partial charge in [0.05, 0.1) is 17.1 Å². The highest BCUT2D eigenvalue weighted by molar-refractivity contribution is 9.10. The molecule has 1 aromatic carbocycles. The Morgan fingerprint density at radius 2 is 2.10 bits per heavy atom. The van der Waals surface area contributed by atoms with Crippen molar-refractivity contribution in [3.63, 3.8) is 0 Å². The highest BCUT2D eigenvalue weighted by Crippen LogP contribution is 2.28. The summed E-state index contributed by atoms with van der Waals surface area (Å²) in [5.41, 5.74) is 5.10. The summed E-state index contributed by atoms with van der Waals surface area (Å²) < 4.78 is 38.7. The lowest BCUT2D eigenvalue weighted by atomic mass is 10.3. The number of nitrogen functional groups attached to an aromatic ring is 1. The summed E-state index contributed by atoms with van der Waals surface area (Å²) in [6, 6.07) is 1.99. The van der Waals surface area contributed by atoms with Crippen molar-refractivity contribution in [2.75, 3.05) is 25.9 Å². The van der Waals surface area contributed by atoms with Crippen molar-refractivity contribution in [3.05, 3.63) is 22.4 Å². The number of hydrogen-bond donors (Lipinski definition) is 2. The van der Waals surface area contributed by atoms with Gasteiger partial charge in [0, 0.05) is 18.1 Å². The number of nitrogens with one attached hydrogen (secondary N) is 1. The van der Waals surface area contributed by atoms with Crippen LogP contribution in [-0.4, -0.2) is 38.8 Å². The lowest BCUT2D eigenvalue weighted by molar-refractivity contribution is -0.121. The second-order valence-electron chi connectivity index (χ2n) is 4.02. The van der Waals surface area contributed by atoms with Gasteiger partial charge in [0.15, 0.2) is 0 Å². The Kier molecular flexibility index (Phi) is 5.49. The molecule has 0 aromatic heterocycles. The van der Waals surface area contributed by atoms with Crippen molar-refractivity contribution in [3.8, 4) is 0 Å². The van der Waals surface area contributed by atoms with Gasteiger partial charge in [0.2, 0.25) is 15.9 Å². The SMILES string of the molecule is CCNC(=O)CN(C)S(=O)(=O)c1cc(N)c(F)cc1Br. The predicted octanol–water partition coefficient (Wildman–Crippen LogP) is 0.927. The minimum Gasteiger partial charge on any atom is -0.396 e. The standard InChI is InChI=1S/C11H15BrFN3O3S/c1-3-15-11(17)6-16(2)20(18,19)10-5-9(14)8(13)4-7(10)12/h4-5H,3,6,14H2,1-2H3,(H,15,17). The molecule has 0 radical (unpaired) electrons. The summed E-state index contributed by atoms with van der Waals surface area (Å²) in [7, 11) is -2.68. The van der Waals surface area contributed by atoms with Crippen molar-refractivity contribution in [1.82, 2.24) is 9.62 Å². The van der Waals surface area contributed by atoms with Crippen LogP contribution in [0.1, 0.15) is 6.92 Å². The Balaban J connectivity index is 3.11. The van der Waals surface area contributed by atoms with Crippen LogP contribution in [0.2, 0.25) is 0 Å². The first-order chi connectivity index (χ1) is 9.20. The largest absolute Gasteiger partial charge is 0.396 e. The molecule has 0 saturated carbocycles. The smallest absolute Gasteiger partial charge is 0.244 e. The molecule has 0 aliphatic carbocycles. The fourth-order valence-corrected chi connectivity index (χ4v) is 3.58. The molecular formula is C11H15BrFN3O3S. The average molecular weight is 368 g/mol. The third kappa shape index (κ3) is 3.68. The second-order valence-corrected chi connectivity index (χ2v) is 6.89. The molecule has 0 aliphatic rings. The first kappa shape index (κ1) is 16.9. The van der Waals surface area contributed by atoms with Gasteiger partial charge in [-0.05, 0) is 35.0 Å². The average Bonchev–Trinajstić information content (AvgIpc) is 2.33. The van der Waals surface area contributed by atoms with Crippen LogP contribution in [0.5, 0.6) is 0 Å². The van der Waals surface area contributed by atoms with Crippen LogP contribution in [0.15, 0.2) is 21.5 Å². The topological polar surface area (TPSA) is 92.5 Å². The number of rotatable bonds is 5. The molecule has 0 aliphatic heterocycles. The molecule has 1 amide bonds. The molecule has 1 aromatic rings. The third-order valence-electron chi connectivity index (χ3n) is 2.48. The Hall–Kier alpha value is -1.19. The maximum Gasteiger partial charge on any atom is 0.244 e. The van der Waals surface area contributed by atoms with E-state index in [4.69, 9.17) is 5.73 Å². The summed E-state index contributed by atoms with van der Waals surface area (Å²) in [5.74, 6) is -1.15. The number of hydrogen-bond acceptors (Lipinski definition) is 4. The van der Waals surface area contributed by atoms with Crippen LogP contribution >= 0.6 is 15.9 Å². The molecule has 1 rings (SSSR count). The predicted molar refractivity (Wildman–Crippen MR) is 77.0 cm³/mol. The molecule has 0 fully saturated rings. The number of nitrogens with two attached hydrogens (primary N) is 1. The van der Waals surface area contributed by atoms with Gasteiger partial charge in [-0.25, -0.2) is 12.8 Å². The zero-order valence-electron chi connectivity index (χ0n) is 11.0. The molecular weight excluding hydrogens is 353 g/mol. The number of likely N-dealkylation sites (N-methyl/N-ethyl adjacent to an activating group) is 2. The van der Waals surface area contributed by atoms with Crippen LogP contribution in [-0.2, 0) is 14.8 Å². The molecule has 112 valence electrons. The molecule has 6 nitrogen and oxygen atoms in total. The third-order valence-corrected chi connectivity index (χ3v) is 5.24. The van der Waals surface area contributed by atoms with Crippen LogP contribution in [0.3, 0.4) is 0 Å². The quantitative estimate of drug-likeness (QED) is 0.757. The number of carbonyl (C=O) groups excluding carboxylic acids is 1. The molecule has 9 heteroatoms. The molecule has 0 atom stereocenters. The first-order valence-corrected chi connectivity index (χ1v) is 7.91. The number of halogens is 2. The van der Waals surface area contributed by atoms with E-state index in [1.165, 1.54) is 7.05 Å². The summed E-state index contributed by atoms with van der Waals surface area (Å²) in [5, 5.41) is 2.49. The van der Waals surface area contributed by atoms with E-state index in [-0.39, 0.29) is 21.6 Å². The Labute approximate surface area is 125 Å². The van der Waals surface area contributed by atoms with Gasteiger partial charge in [-0.15, -0.1) is 0 Å². The Morgan fingerprint density at radius 3 is 2.65 bits per heavy atom. The van der Waals surface area contributed by atoms with Crippen LogP contribution in [0.25, 0.3) is 0 Å². The number of benzene rings is 1. The van der Waals surface area contributed by atoms with Crippen molar-refractivity contribution in [1.29, 1.82) is 0 Å². The fourth-order valence-electron chi connectivity index (χ4n) is 1.45. The van der Waals surface area contributed by atoms with Gasteiger partial charge < -0.3 is 11.1 Å². The summed E-state index contributed by atoms with van der Waals surface area (Å²) in [4.78, 5) is 11.2. The number of sulfonamides is 1. The van der Waals surface area contributed by atoms with E-state index >= 15 is 0 Å². The summed E-state index contributed by atoms with van der Waals surface area (Å²) >= 11 is 2.98. The van der Waals surface area contributed by atoms with Gasteiger partial charge in [-0.2, -0.15) is 4.31 Å². The van der Waals surface area contributed by atoms with E-state index in [2.05, 4.69) is 21.2 Å². The highest BCUT2D eigenvalue weighted by atomic mass is 79.9. The van der Waals surface area contributed by atoms with Gasteiger partial charge in [0.25, 0.3) is 0 Å². The molecule has 0 heterocycles. The maximum absolute atomic E-state index is 13.2. The van der Waals surface area contributed by atoms with Crippen molar-refractivity contribution in [2.45, 2.75) is 11.8 Å². The fraction of sp³-hybridized carbons (Fsp3) is 0.364. The molecule has 0 unspecified atom stereocenters. The van der Waals surface area contributed by atoms with Crippen molar-refractivity contribution >= 4 is 37.5 Å². The molecule has 0 spiro atoms. The normalized spacial score (nSPS) is 11.7. The van der Waals surface area contributed by atoms with Crippen molar-refractivity contribution in [2.24, 2.45) is 0 Å². The monoisotopic (exact) mass is 367 g/mol. The lowest BCUT2D eigenvalue weighted by Crippen LogP contribution is -2.38. The minimum absolute atomic E-state index is 0.0481. The van der Waals surface area contributed by atoms with Gasteiger partial charge >= 0.3 is 0 Å². The van der Waals surface area contributed by atoms with E-state index in [9.17, 15) is 17.6 Å². The van der Waals surface area contributed by atoms with E-state index < -0.39 is 21.7 Å². The Morgan fingerprint density at radius 1 is 1.50 bits per heavy atom. The molecule has 3 N–H and O–H groups in total. The zero-order chi connectivity index (χ0) is 15.5. The van der Waals surface area contributed by atoms with Gasteiger partial charge in [-0.1, -0.05) is 0 Å². The summed E-state index contributed by atoms with van der Waals surface area (Å²) in [6.45, 7) is 1.80. The number of carbonyl (C=O) groups is 1. The van der Waals surface area contributed by atoms with Crippen LogP contribution < -0.4 is 11.1 Å². The second kappa shape index (κ2) is 6.51. The van der Waals surface area contributed by atoms with E-state index in [1.807, 2.05) is 0 Å². The molecule has 0 saturated heterocycles. The van der Waals surface area contributed by atoms with E-state index in [0.717, 1.165) is 16.4 Å². The zero-order valence-corrected chi connectivity index (χ0v) is 13.4. The van der Waals surface area contributed by atoms with Crippen molar-refractivity contribution < 1.29 is 17.6 Å². The molecule has 0 bridgehead atoms. The highest BCUT2D eigenvalue weighted by Gasteiger charge is 2.26. The number of amides is 1. The summed E-state index contributed by atoms with van der Waals surface area (Å²) in [6.07, 6.45) is 0. The van der Waals surface area contributed by atoms with Gasteiger partial charge in [0.1, 0.15) is 5.82 Å². The maximum atomic E-state index is 13.2. The number of nitrogens with zero attached hydrogens (tertiary/aromatic N) is 1. The van der Waals surface area contributed by atoms with E-state index in [0.29, 0.717) is 6.54 Å². The lowest BCUT2D eigenvalue weighted by Gasteiger charge is -2.18. The minimum atomic E-state index is -3.94. The van der Waals surface area contributed by atoms with Crippen LogP contribution in [0, 0.1) is 5.82 Å². The Bertz CT molecular complexity index is 622. The van der Waals surface area contributed by atoms with E-state index in [1.54, 1.807) is 6.92 Å². The number of anilines is 1. The van der Waals surface area contributed by atoms with Crippen LogP contribution in [0.4, 0.5) is 10.1 Å². The van der Waals surface area contributed by atoms with Gasteiger partial charge in [-0.3, -0.25) is 4.79 Å². The first-order valence-electron chi connectivity index (χ1n) is 5.67.